The number of carbonyl (C=O) groups excluding carboxylic acids is 3. The van der Waals surface area contributed by atoms with Crippen LogP contribution in [0, 0.1) is 0 Å². The minimum atomic E-state index is -0.499. The minimum absolute atomic E-state index is 0.228. The molecule has 0 atom stereocenters. The summed E-state index contributed by atoms with van der Waals surface area (Å²) in [4.78, 5) is 73.7. The van der Waals surface area contributed by atoms with Gasteiger partial charge in [0.05, 0.1) is 44.1 Å². The molecule has 0 aliphatic carbocycles. The number of anilines is 8. The van der Waals surface area contributed by atoms with E-state index in [1.165, 1.54) is 6.20 Å². The molecule has 0 radical (unpaired) electrons. The number of fused-ring (bicyclic) bond motifs is 2. The summed E-state index contributed by atoms with van der Waals surface area (Å²) in [6, 6.07) is 41.4. The summed E-state index contributed by atoms with van der Waals surface area (Å²) in [6.45, 7) is 4.89. The number of carbonyl (C=O) groups is 3. The fourth-order valence-electron chi connectivity index (χ4n) is 7.76. The minimum Gasteiger partial charge on any atom is -0.491 e. The first-order chi connectivity index (χ1) is 45.5. The van der Waals surface area contributed by atoms with Crippen LogP contribution < -0.4 is 58.0 Å². The summed E-state index contributed by atoms with van der Waals surface area (Å²) in [5.74, 6) is 5.39. The van der Waals surface area contributed by atoms with Gasteiger partial charge in [-0.25, -0.2) is 34.5 Å². The quantitative estimate of drug-likeness (QED) is 0.0150. The number of amides is 2. The highest BCUT2D eigenvalue weighted by molar-refractivity contribution is 5.73. The Balaban J connectivity index is 0.000000184. The second-order valence-corrected chi connectivity index (χ2v) is 19.5. The maximum Gasteiger partial charge on any atom is 0.407 e. The zero-order valence-corrected chi connectivity index (χ0v) is 51.7. The number of imidazole rings is 2. The number of hydrogen-bond donors (Lipinski definition) is 10. The molecule has 488 valence electrons. The maximum atomic E-state index is 11.9. The molecule has 2 amide bonds. The third kappa shape index (κ3) is 25.3. The molecule has 0 aliphatic rings. The standard InChI is InChI=1S/C24H26N6O4.C16H20N6O2.C13H17N5O2.C11H13NO3/c1-32-13-14-33-19-9-7-18(8-10-19)27-23-26-15-20-22(30-23)29-21(28-20)11-12-25-24(31)34-16-17-5-3-2-4-6-17;1-23-8-9-24-12-4-2-11(3-5-12)19-16-18-10-13-15(22-16)21-14(20-13)6-7-17;1-19-6-7-20-10-4-2-9(3-5-10)17-13-16-8-11(14)12(15)18-13;13-8-4-7-12-11(14)15-9-10-5-2-1-3-6-10/h2-10,15H,11-14,16H2,1H3,(H,25,31)(H2,26,27,28,29,30);2-5,10H,6-9,17H2,1H3,(H2,18,19,20,21,22);2-5,8H,6-7,14H2,1H3,(H3,15,16,17,18);1-3,5-6,8H,4,7,9H2,(H,12,14). The molecule has 10 rings (SSSR count). The number of aromatic amines is 2. The van der Waals surface area contributed by atoms with Crippen LogP contribution >= 0.6 is 0 Å². The predicted octanol–water partition coefficient (Wildman–Crippen LogP) is 8.13. The number of rotatable bonds is 30. The van der Waals surface area contributed by atoms with Crippen LogP contribution in [0.2, 0.25) is 0 Å². The predicted molar refractivity (Wildman–Crippen MR) is 352 cm³/mol. The van der Waals surface area contributed by atoms with Gasteiger partial charge >= 0.3 is 12.2 Å². The average molecular weight is 1270 g/mol. The first-order valence-corrected chi connectivity index (χ1v) is 29.3. The van der Waals surface area contributed by atoms with Crippen molar-refractivity contribution in [2.24, 2.45) is 5.73 Å². The number of hydrogen-bond acceptors (Lipinski definition) is 25. The number of nitrogen functional groups attached to an aromatic ring is 2. The van der Waals surface area contributed by atoms with Crippen molar-refractivity contribution in [3.05, 3.63) is 175 Å². The second-order valence-electron chi connectivity index (χ2n) is 19.5. The molecular weight excluding hydrogens is 1200 g/mol. The van der Waals surface area contributed by atoms with Crippen LogP contribution in [0.5, 0.6) is 17.2 Å². The molecule has 93 heavy (non-hydrogen) atoms. The van der Waals surface area contributed by atoms with E-state index in [4.69, 9.17) is 55.1 Å². The molecule has 5 aromatic carbocycles. The van der Waals surface area contributed by atoms with E-state index in [0.717, 1.165) is 63.1 Å². The molecule has 5 aromatic heterocycles. The van der Waals surface area contributed by atoms with Crippen molar-refractivity contribution < 1.29 is 52.3 Å². The van der Waals surface area contributed by atoms with E-state index < -0.39 is 12.2 Å². The van der Waals surface area contributed by atoms with E-state index in [1.54, 1.807) is 33.7 Å². The molecule has 0 saturated carbocycles. The number of benzene rings is 5. The SMILES string of the molecule is COCCOc1ccc(Nc2ncc(N)c(N)n2)cc1.COCCOc1ccc(Nc2ncc3[nH]c(CCN)nc3n2)cc1.COCCOc1ccc(Nc2ncc3[nH]c(CCNC(=O)OCc4ccccc4)nc3n2)cc1.O=CCCNC(=O)OCc1ccccc1. The van der Waals surface area contributed by atoms with Crippen LogP contribution in [0.25, 0.3) is 22.3 Å². The van der Waals surface area contributed by atoms with Crippen molar-refractivity contribution in [1.82, 2.24) is 60.5 Å². The number of methoxy groups -OCH3 is 3. The lowest BCUT2D eigenvalue weighted by atomic mass is 10.2. The molecule has 0 saturated heterocycles. The average Bonchev–Trinajstić information content (AvgIpc) is 2.00. The van der Waals surface area contributed by atoms with Gasteiger partial charge in [0.25, 0.3) is 0 Å². The Bertz CT molecular complexity index is 3800. The van der Waals surface area contributed by atoms with Crippen molar-refractivity contribution in [3.8, 4) is 17.2 Å². The highest BCUT2D eigenvalue weighted by atomic mass is 16.6. The molecule has 5 heterocycles. The molecule has 0 bridgehead atoms. The number of aromatic nitrogens is 10. The van der Waals surface area contributed by atoms with Crippen LogP contribution in [0.4, 0.5) is 56.0 Å². The monoisotopic (exact) mass is 1270 g/mol. The summed E-state index contributed by atoms with van der Waals surface area (Å²) in [5, 5.41) is 14.5. The summed E-state index contributed by atoms with van der Waals surface area (Å²) >= 11 is 0. The van der Waals surface area contributed by atoms with Gasteiger partial charge in [0.1, 0.15) is 79.3 Å². The van der Waals surface area contributed by atoms with Gasteiger partial charge in [-0.15, -0.1) is 0 Å². The summed E-state index contributed by atoms with van der Waals surface area (Å²) in [5.41, 5.74) is 24.1. The smallest absolute Gasteiger partial charge is 0.407 e. The van der Waals surface area contributed by atoms with Gasteiger partial charge in [0.15, 0.2) is 17.1 Å². The Morgan fingerprint density at radius 1 is 0.484 bits per heavy atom. The third-order valence-electron chi connectivity index (χ3n) is 12.4. The van der Waals surface area contributed by atoms with Gasteiger partial charge < -0.3 is 96.4 Å². The highest BCUT2D eigenvalue weighted by Gasteiger charge is 2.11. The van der Waals surface area contributed by atoms with E-state index in [0.29, 0.717) is 125 Å². The van der Waals surface area contributed by atoms with Crippen molar-refractivity contribution in [2.45, 2.75) is 32.5 Å². The van der Waals surface area contributed by atoms with E-state index in [1.807, 2.05) is 133 Å². The van der Waals surface area contributed by atoms with Gasteiger partial charge in [-0.2, -0.15) is 15.0 Å². The largest absolute Gasteiger partial charge is 0.491 e. The molecule has 29 heteroatoms. The van der Waals surface area contributed by atoms with Crippen LogP contribution in [-0.4, -0.2) is 149 Å². The molecule has 0 aliphatic heterocycles. The van der Waals surface area contributed by atoms with Gasteiger partial charge in [-0.3, -0.25) is 0 Å². The Kier molecular flexibility index (Phi) is 29.0. The lowest BCUT2D eigenvalue weighted by molar-refractivity contribution is -0.107. The molecule has 29 nitrogen and oxygen atoms in total. The zero-order valence-electron chi connectivity index (χ0n) is 51.7. The summed E-state index contributed by atoms with van der Waals surface area (Å²) in [6.07, 6.45) is 6.12. The Morgan fingerprint density at radius 3 is 1.28 bits per heavy atom. The van der Waals surface area contributed by atoms with E-state index in [-0.39, 0.29) is 19.0 Å². The number of aldehydes is 1. The number of nitrogens with zero attached hydrogens (tertiary/aromatic N) is 8. The lowest BCUT2D eigenvalue weighted by Crippen LogP contribution is -2.26. The third-order valence-corrected chi connectivity index (χ3v) is 12.4. The van der Waals surface area contributed by atoms with Gasteiger partial charge in [-0.1, -0.05) is 60.7 Å². The van der Waals surface area contributed by atoms with E-state index in [9.17, 15) is 14.4 Å². The second kappa shape index (κ2) is 39.0. The van der Waals surface area contributed by atoms with Gasteiger partial charge in [0.2, 0.25) is 17.8 Å². The number of nitrogens with two attached hydrogens (primary N) is 3. The molecule has 10 aromatic rings. The number of H-pyrrole nitrogens is 2. The topological polar surface area (TPSA) is 398 Å². The molecule has 13 N–H and O–H groups in total. The lowest BCUT2D eigenvalue weighted by Gasteiger charge is -2.08. The van der Waals surface area contributed by atoms with Crippen molar-refractivity contribution in [1.29, 1.82) is 0 Å². The Labute approximate surface area is 536 Å². The first-order valence-electron chi connectivity index (χ1n) is 29.3. The fourth-order valence-corrected chi connectivity index (χ4v) is 7.76. The first kappa shape index (κ1) is 69.2. The Hall–Kier alpha value is -11.3. The van der Waals surface area contributed by atoms with E-state index >= 15 is 0 Å². The van der Waals surface area contributed by atoms with Gasteiger partial charge in [0, 0.05) is 70.7 Å². The highest BCUT2D eigenvalue weighted by Crippen LogP contribution is 2.23. The summed E-state index contributed by atoms with van der Waals surface area (Å²) < 4.78 is 41.5. The number of ether oxygens (including phenoxy) is 8. The normalized spacial score (nSPS) is 10.5. The summed E-state index contributed by atoms with van der Waals surface area (Å²) in [7, 11) is 4.91. The molecule has 0 unspecified atom stereocenters. The maximum absolute atomic E-state index is 11.9. The van der Waals surface area contributed by atoms with Crippen LogP contribution in [0.1, 0.15) is 29.2 Å². The number of alkyl carbamates (subject to hydrolysis) is 2. The fraction of sp³-hybridized carbons (Fsp3) is 0.266. The van der Waals surface area contributed by atoms with Crippen LogP contribution in [0.3, 0.4) is 0 Å². The molecule has 0 fully saturated rings. The molecule has 0 spiro atoms. The van der Waals surface area contributed by atoms with Crippen molar-refractivity contribution in [3.63, 3.8) is 0 Å². The van der Waals surface area contributed by atoms with Gasteiger partial charge in [-0.05, 0) is 90.5 Å². The molecular formula is C64H76N18O11. The van der Waals surface area contributed by atoms with Crippen LogP contribution in [-0.2, 0) is 54.5 Å². The van der Waals surface area contributed by atoms with Crippen LogP contribution in [0.15, 0.2) is 152 Å². The van der Waals surface area contributed by atoms with E-state index in [2.05, 4.69) is 76.4 Å². The zero-order chi connectivity index (χ0) is 65.7. The Morgan fingerprint density at radius 2 is 0.882 bits per heavy atom. The number of nitrogens with one attached hydrogen (secondary N) is 7. The van der Waals surface area contributed by atoms with Crippen molar-refractivity contribution >= 4 is 87.2 Å². The van der Waals surface area contributed by atoms with Crippen molar-refractivity contribution in [2.75, 3.05) is 108 Å².